The van der Waals surface area contributed by atoms with E-state index in [-0.39, 0.29) is 6.10 Å². The van der Waals surface area contributed by atoms with Crippen molar-refractivity contribution in [2.24, 2.45) is 0 Å². The number of hydrogen-bond donors (Lipinski definition) is 1. The predicted molar refractivity (Wildman–Crippen MR) is 33.6 cm³/mol. The Morgan fingerprint density at radius 1 is 1.38 bits per heavy atom. The van der Waals surface area contributed by atoms with Crippen LogP contribution in [0.4, 0.5) is 0 Å². The van der Waals surface area contributed by atoms with Crippen LogP contribution in [0.2, 0.25) is 0 Å². The minimum absolute atomic E-state index is 0.0613. The summed E-state index contributed by atoms with van der Waals surface area (Å²) >= 11 is 0. The van der Waals surface area contributed by atoms with Gasteiger partial charge < -0.3 is 5.11 Å². The Labute approximate surface area is 50.0 Å². The van der Waals surface area contributed by atoms with Gasteiger partial charge in [-0.1, -0.05) is 12.2 Å². The monoisotopic (exact) mass is 112 g/mol. The quantitative estimate of drug-likeness (QED) is 0.470. The van der Waals surface area contributed by atoms with Gasteiger partial charge in [0.1, 0.15) is 0 Å². The van der Waals surface area contributed by atoms with Gasteiger partial charge in [-0.15, -0.1) is 0 Å². The molecule has 0 fully saturated rings. The van der Waals surface area contributed by atoms with Gasteiger partial charge in [0.25, 0.3) is 0 Å². The van der Waals surface area contributed by atoms with E-state index in [1.165, 1.54) is 0 Å². The van der Waals surface area contributed by atoms with Gasteiger partial charge in [0, 0.05) is 0 Å². The van der Waals surface area contributed by atoms with E-state index >= 15 is 0 Å². The summed E-state index contributed by atoms with van der Waals surface area (Å²) in [5.41, 5.74) is 0. The highest BCUT2D eigenvalue weighted by atomic mass is 16.3. The van der Waals surface area contributed by atoms with Crippen LogP contribution < -0.4 is 0 Å². The maximum absolute atomic E-state index is 9.04. The summed E-state index contributed by atoms with van der Waals surface area (Å²) in [6.45, 7) is 0. The Balaban J connectivity index is 2.30. The second-order valence-electron chi connectivity index (χ2n) is 2.29. The van der Waals surface area contributed by atoms with E-state index < -0.39 is 0 Å². The van der Waals surface area contributed by atoms with Crippen LogP contribution >= 0.6 is 0 Å². The summed E-state index contributed by atoms with van der Waals surface area (Å²) in [7, 11) is 0. The van der Waals surface area contributed by atoms with Crippen molar-refractivity contribution in [2.75, 3.05) is 0 Å². The van der Waals surface area contributed by atoms with Gasteiger partial charge in [-0.3, -0.25) is 0 Å². The molecule has 0 aromatic rings. The third kappa shape index (κ3) is 1.66. The van der Waals surface area contributed by atoms with E-state index in [0.29, 0.717) is 0 Å². The van der Waals surface area contributed by atoms with Gasteiger partial charge in [0.05, 0.1) is 6.10 Å². The van der Waals surface area contributed by atoms with Gasteiger partial charge >= 0.3 is 0 Å². The lowest BCUT2D eigenvalue weighted by Crippen LogP contribution is -2.01. The Bertz CT molecular complexity index is 86.4. The first-order valence-corrected chi connectivity index (χ1v) is 3.22. The molecule has 1 atom stereocenters. The van der Waals surface area contributed by atoms with Crippen LogP contribution in [0.3, 0.4) is 0 Å². The average Bonchev–Trinajstić information content (AvgIpc) is 1.94. The molecule has 1 nitrogen and oxygen atoms in total. The molecule has 0 aromatic carbocycles. The second kappa shape index (κ2) is 2.88. The first-order valence-electron chi connectivity index (χ1n) is 3.22. The van der Waals surface area contributed by atoms with Crippen molar-refractivity contribution in [3.05, 3.63) is 12.2 Å². The fourth-order valence-corrected chi connectivity index (χ4v) is 0.960. The third-order valence-electron chi connectivity index (χ3n) is 1.48. The van der Waals surface area contributed by atoms with Crippen LogP contribution in [0.15, 0.2) is 12.2 Å². The molecule has 0 radical (unpaired) electrons. The first-order chi connectivity index (χ1) is 3.89. The Kier molecular flexibility index (Phi) is 2.10. The number of allylic oxidation sites excluding steroid dienone is 1. The molecule has 0 spiro atoms. The Hall–Kier alpha value is -0.300. The van der Waals surface area contributed by atoms with Crippen molar-refractivity contribution in [3.8, 4) is 0 Å². The molecule has 1 N–H and O–H groups in total. The van der Waals surface area contributed by atoms with E-state index in [4.69, 9.17) is 5.11 Å². The summed E-state index contributed by atoms with van der Waals surface area (Å²) < 4.78 is 0. The second-order valence-corrected chi connectivity index (χ2v) is 2.29. The van der Waals surface area contributed by atoms with Crippen LogP contribution in [-0.2, 0) is 0 Å². The maximum atomic E-state index is 9.04. The summed E-state index contributed by atoms with van der Waals surface area (Å²) in [6.07, 6.45) is 8.30. The first kappa shape index (κ1) is 5.83. The van der Waals surface area contributed by atoms with Crippen molar-refractivity contribution in [3.63, 3.8) is 0 Å². The van der Waals surface area contributed by atoms with Crippen LogP contribution in [0.1, 0.15) is 25.7 Å². The van der Waals surface area contributed by atoms with E-state index in [0.717, 1.165) is 25.7 Å². The minimum Gasteiger partial charge on any atom is -0.393 e. The summed E-state index contributed by atoms with van der Waals surface area (Å²) in [5, 5.41) is 9.04. The molecule has 1 aliphatic carbocycles. The highest BCUT2D eigenvalue weighted by Crippen LogP contribution is 2.10. The minimum atomic E-state index is -0.0613. The largest absolute Gasteiger partial charge is 0.393 e. The number of hydrogen-bond acceptors (Lipinski definition) is 1. The van der Waals surface area contributed by atoms with Crippen molar-refractivity contribution in [1.82, 2.24) is 0 Å². The zero-order valence-corrected chi connectivity index (χ0v) is 5.01. The van der Waals surface area contributed by atoms with Crippen molar-refractivity contribution in [2.45, 2.75) is 31.8 Å². The zero-order chi connectivity index (χ0) is 5.82. The van der Waals surface area contributed by atoms with Gasteiger partial charge in [0.15, 0.2) is 0 Å². The molecule has 0 aliphatic heterocycles. The van der Waals surface area contributed by atoms with Crippen LogP contribution in [-0.4, -0.2) is 11.2 Å². The molecule has 0 aromatic heterocycles. The lowest BCUT2D eigenvalue weighted by atomic mass is 10.2. The smallest absolute Gasteiger partial charge is 0.0574 e. The number of rotatable bonds is 0. The topological polar surface area (TPSA) is 20.2 Å². The van der Waals surface area contributed by atoms with Gasteiger partial charge in [0.2, 0.25) is 0 Å². The van der Waals surface area contributed by atoms with Gasteiger partial charge in [-0.05, 0) is 25.7 Å². The van der Waals surface area contributed by atoms with Crippen LogP contribution in [0.5, 0.6) is 0 Å². The molecule has 0 amide bonds. The molecule has 1 heteroatoms. The van der Waals surface area contributed by atoms with Crippen molar-refractivity contribution < 1.29 is 5.11 Å². The van der Waals surface area contributed by atoms with E-state index in [1.54, 1.807) is 0 Å². The molecule has 0 bridgehead atoms. The predicted octanol–water partition coefficient (Wildman–Crippen LogP) is 1.48. The van der Waals surface area contributed by atoms with Gasteiger partial charge in [-0.2, -0.15) is 0 Å². The summed E-state index contributed by atoms with van der Waals surface area (Å²) in [4.78, 5) is 0. The molecule has 0 unspecified atom stereocenters. The SMILES string of the molecule is O[C@@H]1CC=CCCC1. The zero-order valence-electron chi connectivity index (χ0n) is 5.01. The Morgan fingerprint density at radius 2 is 2.25 bits per heavy atom. The molecular formula is C7H12O. The normalized spacial score (nSPS) is 29.9. The lowest BCUT2D eigenvalue weighted by molar-refractivity contribution is 0.167. The molecule has 1 rings (SSSR count). The summed E-state index contributed by atoms with van der Waals surface area (Å²) in [5.74, 6) is 0. The maximum Gasteiger partial charge on any atom is 0.0574 e. The van der Waals surface area contributed by atoms with Crippen molar-refractivity contribution >= 4 is 0 Å². The lowest BCUT2D eigenvalue weighted by Gasteiger charge is -2.01. The van der Waals surface area contributed by atoms with E-state index in [1.807, 2.05) is 0 Å². The number of aliphatic hydroxyl groups excluding tert-OH is 1. The third-order valence-corrected chi connectivity index (χ3v) is 1.48. The molecule has 8 heavy (non-hydrogen) atoms. The molecule has 46 valence electrons. The van der Waals surface area contributed by atoms with Crippen molar-refractivity contribution in [1.29, 1.82) is 0 Å². The molecule has 0 saturated heterocycles. The van der Waals surface area contributed by atoms with Gasteiger partial charge in [-0.25, -0.2) is 0 Å². The standard InChI is InChI=1S/C7H12O/c8-7-5-3-1-2-4-6-7/h1,3,7-8H,2,4-6H2/t7-/m1/s1. The highest BCUT2D eigenvalue weighted by molar-refractivity contribution is 4.87. The fourth-order valence-electron chi connectivity index (χ4n) is 0.960. The Morgan fingerprint density at radius 3 is 3.12 bits per heavy atom. The highest BCUT2D eigenvalue weighted by Gasteiger charge is 2.02. The molecule has 0 saturated carbocycles. The van der Waals surface area contributed by atoms with E-state index in [2.05, 4.69) is 12.2 Å². The molecular weight excluding hydrogens is 100 g/mol. The average molecular weight is 112 g/mol. The number of aliphatic hydroxyl groups is 1. The van der Waals surface area contributed by atoms with E-state index in [9.17, 15) is 0 Å². The summed E-state index contributed by atoms with van der Waals surface area (Å²) in [6, 6.07) is 0. The fraction of sp³-hybridized carbons (Fsp3) is 0.714. The molecule has 0 heterocycles. The van der Waals surface area contributed by atoms with Crippen LogP contribution in [0, 0.1) is 0 Å². The van der Waals surface area contributed by atoms with Crippen LogP contribution in [0.25, 0.3) is 0 Å². The molecule has 1 aliphatic rings.